The zero-order chi connectivity index (χ0) is 10.3. The van der Waals surface area contributed by atoms with Crippen molar-refractivity contribution in [3.8, 4) is 0 Å². The van der Waals surface area contributed by atoms with Gasteiger partial charge in [0.2, 0.25) is 5.88 Å². The normalized spacial score (nSPS) is 10.8. The van der Waals surface area contributed by atoms with E-state index >= 15 is 0 Å². The maximum absolute atomic E-state index is 9.23. The van der Waals surface area contributed by atoms with Crippen molar-refractivity contribution in [3.05, 3.63) is 21.5 Å². The Hall–Kier alpha value is -0.910. The van der Waals surface area contributed by atoms with Crippen molar-refractivity contribution in [2.24, 2.45) is 0 Å². The Morgan fingerprint density at radius 2 is 2.29 bits per heavy atom. The molecule has 0 bridgehead atoms. The van der Waals surface area contributed by atoms with Crippen LogP contribution in [-0.4, -0.2) is 12.3 Å². The van der Waals surface area contributed by atoms with Crippen LogP contribution in [0.5, 0.6) is 0 Å². The van der Waals surface area contributed by atoms with Crippen molar-refractivity contribution in [2.45, 2.75) is 6.92 Å². The molecule has 74 valence electrons. The second-order valence-electron chi connectivity index (χ2n) is 3.05. The summed E-state index contributed by atoms with van der Waals surface area (Å²) in [6, 6.07) is 1.65. The molecule has 14 heavy (non-hydrogen) atoms. The molecule has 0 aliphatic carbocycles. The van der Waals surface area contributed by atoms with Gasteiger partial charge in [0.05, 0.1) is 9.21 Å². The first-order valence-corrected chi connectivity index (χ1v) is 5.33. The van der Waals surface area contributed by atoms with Crippen molar-refractivity contribution in [2.75, 3.05) is 12.1 Å². The molecule has 0 atom stereocenters. The average molecular weight is 227 g/mol. The molecule has 5 heteroatoms. The largest absolute Gasteiger partial charge is 0.437 e. The Labute approximate surface area is 90.2 Å². The number of fused-ring (bicyclic) bond motifs is 1. The molecular weight excluding hydrogens is 218 g/mol. The number of hydroxylamine groups is 1. The molecule has 0 saturated carbocycles. The highest BCUT2D eigenvalue weighted by Crippen LogP contribution is 2.30. The first-order chi connectivity index (χ1) is 6.59. The van der Waals surface area contributed by atoms with Gasteiger partial charge < -0.3 is 4.42 Å². The summed E-state index contributed by atoms with van der Waals surface area (Å²) in [6.45, 7) is 1.96. The molecule has 1 N–H and O–H groups in total. The molecule has 2 aromatic rings. The van der Waals surface area contributed by atoms with Gasteiger partial charge in [-0.2, -0.15) is 0 Å². The minimum absolute atomic E-state index is 0.365. The molecule has 3 nitrogen and oxygen atoms in total. The first kappa shape index (κ1) is 9.64. The number of nitrogens with zero attached hydrogens (tertiary/aromatic N) is 1. The molecule has 0 fully saturated rings. The maximum Gasteiger partial charge on any atom is 0.220 e. The van der Waals surface area contributed by atoms with E-state index in [2.05, 4.69) is 0 Å². The molecule has 0 amide bonds. The highest BCUT2D eigenvalue weighted by Gasteiger charge is 2.08. The third-order valence-corrected chi connectivity index (χ3v) is 3.49. The van der Waals surface area contributed by atoms with Crippen LogP contribution in [0, 0.1) is 11.4 Å². The molecule has 0 aliphatic rings. The first-order valence-electron chi connectivity index (χ1n) is 4.04. The summed E-state index contributed by atoms with van der Waals surface area (Å²) in [5.74, 6) is 0.365. The Kier molecular flexibility index (Phi) is 2.30. The lowest BCUT2D eigenvalue weighted by Gasteiger charge is -2.08. The van der Waals surface area contributed by atoms with Crippen molar-refractivity contribution in [1.29, 1.82) is 0 Å². The number of rotatable bonds is 1. The van der Waals surface area contributed by atoms with Crippen LogP contribution in [-0.2, 0) is 0 Å². The van der Waals surface area contributed by atoms with Crippen molar-refractivity contribution < 1.29 is 9.62 Å². The van der Waals surface area contributed by atoms with Crippen LogP contribution in [0.4, 0.5) is 5.88 Å². The number of hydrogen-bond acceptors (Lipinski definition) is 5. The van der Waals surface area contributed by atoms with Crippen molar-refractivity contribution in [3.63, 3.8) is 0 Å². The quantitative estimate of drug-likeness (QED) is 0.598. The van der Waals surface area contributed by atoms with E-state index in [1.165, 1.54) is 7.05 Å². The summed E-state index contributed by atoms with van der Waals surface area (Å²) in [4.78, 5) is 0. The van der Waals surface area contributed by atoms with Crippen LogP contribution < -0.4 is 5.06 Å². The predicted molar refractivity (Wildman–Crippen MR) is 59.9 cm³/mol. The smallest absolute Gasteiger partial charge is 0.220 e. The van der Waals surface area contributed by atoms with E-state index in [0.717, 1.165) is 20.9 Å². The lowest BCUT2D eigenvalue weighted by Crippen LogP contribution is -2.09. The zero-order valence-electron chi connectivity index (χ0n) is 7.77. The van der Waals surface area contributed by atoms with Crippen LogP contribution in [0.1, 0.15) is 5.56 Å². The molecular formula is C9H9NO2S2. The summed E-state index contributed by atoms with van der Waals surface area (Å²) >= 11 is 6.75. The van der Waals surface area contributed by atoms with Gasteiger partial charge in [-0.3, -0.25) is 5.21 Å². The molecule has 0 radical (unpaired) electrons. The summed E-state index contributed by atoms with van der Waals surface area (Å²) in [6.07, 6.45) is 0. The van der Waals surface area contributed by atoms with Crippen LogP contribution >= 0.6 is 23.6 Å². The maximum atomic E-state index is 9.23. The van der Waals surface area contributed by atoms with Gasteiger partial charge in [-0.25, -0.2) is 5.06 Å². The zero-order valence-corrected chi connectivity index (χ0v) is 9.41. The molecule has 2 aromatic heterocycles. The van der Waals surface area contributed by atoms with Crippen LogP contribution in [0.25, 0.3) is 10.3 Å². The Bertz CT molecular complexity index is 527. The minimum Gasteiger partial charge on any atom is -0.437 e. The Morgan fingerprint density at radius 3 is 2.93 bits per heavy atom. The summed E-state index contributed by atoms with van der Waals surface area (Å²) < 4.78 is 7.16. The minimum atomic E-state index is 0.365. The molecule has 2 rings (SSSR count). The van der Waals surface area contributed by atoms with Gasteiger partial charge in [-0.1, -0.05) is 12.2 Å². The van der Waals surface area contributed by atoms with Gasteiger partial charge in [-0.05, 0) is 12.3 Å². The fourth-order valence-corrected chi connectivity index (χ4v) is 2.43. The van der Waals surface area contributed by atoms with Crippen molar-refractivity contribution >= 4 is 39.7 Å². The van der Waals surface area contributed by atoms with E-state index < -0.39 is 0 Å². The van der Waals surface area contributed by atoms with Crippen LogP contribution in [0.2, 0.25) is 0 Å². The third-order valence-electron chi connectivity index (χ3n) is 1.92. The summed E-state index contributed by atoms with van der Waals surface area (Å²) in [5.41, 5.74) is 1.80. The molecule has 0 saturated heterocycles. The molecule has 0 spiro atoms. The highest BCUT2D eigenvalue weighted by molar-refractivity contribution is 7.72. The van der Waals surface area contributed by atoms with E-state index in [0.29, 0.717) is 10.4 Å². The average Bonchev–Trinajstić information content (AvgIpc) is 2.48. The van der Waals surface area contributed by atoms with E-state index in [4.69, 9.17) is 16.6 Å². The van der Waals surface area contributed by atoms with Gasteiger partial charge in [0.1, 0.15) is 0 Å². The van der Waals surface area contributed by atoms with Gasteiger partial charge in [-0.15, -0.1) is 11.3 Å². The Balaban J connectivity index is 2.82. The topological polar surface area (TPSA) is 36.6 Å². The Morgan fingerprint density at radius 1 is 1.57 bits per heavy atom. The second-order valence-corrected chi connectivity index (χ2v) is 4.37. The van der Waals surface area contributed by atoms with E-state index in [9.17, 15) is 5.21 Å². The van der Waals surface area contributed by atoms with E-state index in [-0.39, 0.29) is 0 Å². The second kappa shape index (κ2) is 3.34. The van der Waals surface area contributed by atoms with Gasteiger partial charge >= 0.3 is 0 Å². The fraction of sp³-hybridized carbons (Fsp3) is 0.222. The van der Waals surface area contributed by atoms with Gasteiger partial charge in [0.15, 0.2) is 5.58 Å². The fourth-order valence-electron chi connectivity index (χ4n) is 1.20. The number of hydrogen-bond donors (Lipinski definition) is 1. The SMILES string of the molecule is Cc1csc2c(=S)cc(N(C)O)oc12. The van der Waals surface area contributed by atoms with Gasteiger partial charge in [0, 0.05) is 18.7 Å². The highest BCUT2D eigenvalue weighted by atomic mass is 32.1. The van der Waals surface area contributed by atoms with Crippen LogP contribution in [0.15, 0.2) is 15.9 Å². The van der Waals surface area contributed by atoms with Gasteiger partial charge in [0.25, 0.3) is 0 Å². The standard InChI is InChI=1S/C9H9NO2S2/c1-5-4-14-9-6(13)3-7(10(2)11)12-8(5)9/h3-4,11H,1-2H3. The van der Waals surface area contributed by atoms with Crippen molar-refractivity contribution in [1.82, 2.24) is 0 Å². The third kappa shape index (κ3) is 1.43. The van der Waals surface area contributed by atoms with E-state index in [1.54, 1.807) is 17.4 Å². The monoisotopic (exact) mass is 227 g/mol. The predicted octanol–water partition coefficient (Wildman–Crippen LogP) is 3.36. The summed E-state index contributed by atoms with van der Waals surface area (Å²) in [5, 5.41) is 12.1. The van der Waals surface area contributed by atoms with Crippen LogP contribution in [0.3, 0.4) is 0 Å². The number of thiophene rings is 1. The summed E-state index contributed by atoms with van der Waals surface area (Å²) in [7, 11) is 1.50. The molecule has 0 aliphatic heterocycles. The van der Waals surface area contributed by atoms with E-state index in [1.807, 2.05) is 12.3 Å². The number of aryl methyl sites for hydroxylation is 1. The molecule has 0 unspecified atom stereocenters. The molecule has 0 aromatic carbocycles. The lowest BCUT2D eigenvalue weighted by molar-refractivity contribution is 0.258. The molecule has 2 heterocycles. The number of anilines is 1. The lowest BCUT2D eigenvalue weighted by atomic mass is 10.3.